The first-order valence-corrected chi connectivity index (χ1v) is 7.29. The first kappa shape index (κ1) is 14.8. The van der Waals surface area contributed by atoms with Gasteiger partial charge in [0.15, 0.2) is 0 Å². The van der Waals surface area contributed by atoms with Crippen molar-refractivity contribution < 1.29 is 4.39 Å². The van der Waals surface area contributed by atoms with E-state index in [1.807, 2.05) is 0 Å². The summed E-state index contributed by atoms with van der Waals surface area (Å²) in [5, 5.41) is 0.563. The molecule has 0 bridgehead atoms. The zero-order chi connectivity index (χ0) is 14.0. The molecular formula is C15H22ClFN2. The molecule has 106 valence electrons. The van der Waals surface area contributed by atoms with Crippen molar-refractivity contribution in [3.8, 4) is 0 Å². The standard InChI is InChI=1S/C15H22ClFN2/c1-10-5-6-19(9-11(10)2)15(8-18)13-7-12(16)3-4-14(13)17/h3-4,7,10-11,15H,5-6,8-9,18H2,1-2H3. The minimum Gasteiger partial charge on any atom is -0.329 e. The molecule has 2 rings (SSSR count). The van der Waals surface area contributed by atoms with Crippen LogP contribution in [0.5, 0.6) is 0 Å². The van der Waals surface area contributed by atoms with Crippen LogP contribution in [0.25, 0.3) is 0 Å². The fraction of sp³-hybridized carbons (Fsp3) is 0.600. The number of likely N-dealkylation sites (tertiary alicyclic amines) is 1. The predicted octanol–water partition coefficient (Wildman–Crippen LogP) is 3.46. The van der Waals surface area contributed by atoms with E-state index in [0.29, 0.717) is 23.0 Å². The largest absolute Gasteiger partial charge is 0.329 e. The maximum absolute atomic E-state index is 14.0. The topological polar surface area (TPSA) is 29.3 Å². The van der Waals surface area contributed by atoms with Gasteiger partial charge in [-0.2, -0.15) is 0 Å². The molecule has 1 saturated heterocycles. The van der Waals surface area contributed by atoms with Crippen LogP contribution in [0.2, 0.25) is 5.02 Å². The second-order valence-electron chi connectivity index (χ2n) is 5.66. The lowest BCUT2D eigenvalue weighted by molar-refractivity contribution is 0.0967. The van der Waals surface area contributed by atoms with Crippen molar-refractivity contribution in [2.75, 3.05) is 19.6 Å². The number of nitrogens with zero attached hydrogens (tertiary/aromatic N) is 1. The van der Waals surface area contributed by atoms with Gasteiger partial charge in [-0.25, -0.2) is 4.39 Å². The van der Waals surface area contributed by atoms with E-state index in [-0.39, 0.29) is 11.9 Å². The Morgan fingerprint density at radius 1 is 1.42 bits per heavy atom. The van der Waals surface area contributed by atoms with Gasteiger partial charge in [0.05, 0.1) is 0 Å². The highest BCUT2D eigenvalue weighted by atomic mass is 35.5. The number of rotatable bonds is 3. The first-order valence-electron chi connectivity index (χ1n) is 6.92. The maximum Gasteiger partial charge on any atom is 0.128 e. The van der Waals surface area contributed by atoms with Crippen molar-refractivity contribution >= 4 is 11.6 Å². The Morgan fingerprint density at radius 2 is 2.16 bits per heavy atom. The van der Waals surface area contributed by atoms with Crippen molar-refractivity contribution in [2.45, 2.75) is 26.3 Å². The molecule has 3 unspecified atom stereocenters. The van der Waals surface area contributed by atoms with Crippen molar-refractivity contribution in [1.29, 1.82) is 0 Å². The molecule has 19 heavy (non-hydrogen) atoms. The second-order valence-corrected chi connectivity index (χ2v) is 6.09. The second kappa shape index (κ2) is 6.21. The summed E-state index contributed by atoms with van der Waals surface area (Å²) in [5.41, 5.74) is 6.51. The molecule has 3 atom stereocenters. The molecule has 0 radical (unpaired) electrons. The smallest absolute Gasteiger partial charge is 0.128 e. The lowest BCUT2D eigenvalue weighted by Gasteiger charge is -2.40. The van der Waals surface area contributed by atoms with E-state index >= 15 is 0 Å². The summed E-state index contributed by atoms with van der Waals surface area (Å²) in [4.78, 5) is 2.29. The summed E-state index contributed by atoms with van der Waals surface area (Å²) in [5.74, 6) is 1.12. The number of hydrogen-bond donors (Lipinski definition) is 1. The fourth-order valence-corrected chi connectivity index (χ4v) is 3.00. The first-order chi connectivity index (χ1) is 9.02. The van der Waals surface area contributed by atoms with Gasteiger partial charge in [-0.1, -0.05) is 25.4 Å². The highest BCUT2D eigenvalue weighted by molar-refractivity contribution is 6.30. The Hall–Kier alpha value is -0.640. The van der Waals surface area contributed by atoms with Gasteiger partial charge in [0.2, 0.25) is 0 Å². The average molecular weight is 285 g/mol. The van der Waals surface area contributed by atoms with Gasteiger partial charge in [-0.05, 0) is 43.0 Å². The van der Waals surface area contributed by atoms with Gasteiger partial charge in [0, 0.05) is 29.7 Å². The monoisotopic (exact) mass is 284 g/mol. The number of hydrogen-bond acceptors (Lipinski definition) is 2. The predicted molar refractivity (Wildman–Crippen MR) is 77.7 cm³/mol. The molecule has 2 N–H and O–H groups in total. The molecule has 0 aromatic heterocycles. The zero-order valence-corrected chi connectivity index (χ0v) is 12.3. The Kier molecular flexibility index (Phi) is 4.82. The zero-order valence-electron chi connectivity index (χ0n) is 11.6. The number of halogens is 2. The third-order valence-corrected chi connectivity index (χ3v) is 4.58. The Labute approximate surface area is 119 Å². The quantitative estimate of drug-likeness (QED) is 0.921. The lowest BCUT2D eigenvalue weighted by Crippen LogP contribution is -2.43. The summed E-state index contributed by atoms with van der Waals surface area (Å²) >= 11 is 5.98. The Balaban J connectivity index is 2.22. The van der Waals surface area contributed by atoms with Crippen LogP contribution < -0.4 is 5.73 Å². The molecule has 1 aliphatic heterocycles. The van der Waals surface area contributed by atoms with Crippen LogP contribution in [-0.4, -0.2) is 24.5 Å². The molecular weight excluding hydrogens is 263 g/mol. The molecule has 0 amide bonds. The number of benzene rings is 1. The molecule has 1 aliphatic rings. The lowest BCUT2D eigenvalue weighted by atomic mass is 9.87. The van der Waals surface area contributed by atoms with E-state index in [9.17, 15) is 4.39 Å². The Bertz CT molecular complexity index is 438. The van der Waals surface area contributed by atoms with E-state index in [1.54, 1.807) is 12.1 Å². The minimum atomic E-state index is -0.217. The van der Waals surface area contributed by atoms with Crippen LogP contribution in [-0.2, 0) is 0 Å². The normalized spacial score (nSPS) is 26.4. The molecule has 0 aliphatic carbocycles. The van der Waals surface area contributed by atoms with E-state index in [2.05, 4.69) is 18.7 Å². The van der Waals surface area contributed by atoms with E-state index < -0.39 is 0 Å². The molecule has 1 heterocycles. The number of nitrogens with two attached hydrogens (primary N) is 1. The van der Waals surface area contributed by atoms with Gasteiger partial charge >= 0.3 is 0 Å². The van der Waals surface area contributed by atoms with Gasteiger partial charge in [0.25, 0.3) is 0 Å². The van der Waals surface area contributed by atoms with E-state index in [1.165, 1.54) is 6.07 Å². The van der Waals surface area contributed by atoms with Crippen LogP contribution >= 0.6 is 11.6 Å². The van der Waals surface area contributed by atoms with Crippen LogP contribution in [0.1, 0.15) is 31.9 Å². The average Bonchev–Trinajstić information content (AvgIpc) is 2.38. The summed E-state index contributed by atoms with van der Waals surface area (Å²) in [6.45, 7) is 6.88. The van der Waals surface area contributed by atoms with Gasteiger partial charge in [-0.15, -0.1) is 0 Å². The van der Waals surface area contributed by atoms with Crippen molar-refractivity contribution in [1.82, 2.24) is 4.90 Å². The van der Waals surface area contributed by atoms with Gasteiger partial charge < -0.3 is 5.73 Å². The highest BCUT2D eigenvalue weighted by Gasteiger charge is 2.29. The summed E-state index contributed by atoms with van der Waals surface area (Å²) < 4.78 is 14.0. The SMILES string of the molecule is CC1CCN(C(CN)c2cc(Cl)ccc2F)CC1C. The summed E-state index contributed by atoms with van der Waals surface area (Å²) in [6, 6.07) is 4.64. The molecule has 1 aromatic carbocycles. The summed E-state index contributed by atoms with van der Waals surface area (Å²) in [7, 11) is 0. The molecule has 4 heteroatoms. The Morgan fingerprint density at radius 3 is 2.79 bits per heavy atom. The van der Waals surface area contributed by atoms with E-state index in [4.69, 9.17) is 17.3 Å². The van der Waals surface area contributed by atoms with Crippen molar-refractivity contribution in [3.05, 3.63) is 34.6 Å². The maximum atomic E-state index is 14.0. The van der Waals surface area contributed by atoms with Crippen LogP contribution in [0.3, 0.4) is 0 Å². The van der Waals surface area contributed by atoms with Crippen molar-refractivity contribution in [3.63, 3.8) is 0 Å². The molecule has 2 nitrogen and oxygen atoms in total. The van der Waals surface area contributed by atoms with Crippen LogP contribution in [0, 0.1) is 17.7 Å². The minimum absolute atomic E-state index is 0.0753. The van der Waals surface area contributed by atoms with Crippen molar-refractivity contribution in [2.24, 2.45) is 17.6 Å². The third kappa shape index (κ3) is 3.28. The number of piperidine rings is 1. The van der Waals surface area contributed by atoms with E-state index in [0.717, 1.165) is 25.4 Å². The molecule has 0 spiro atoms. The molecule has 1 fully saturated rings. The molecule has 1 aromatic rings. The summed E-state index contributed by atoms with van der Waals surface area (Å²) in [6.07, 6.45) is 1.14. The van der Waals surface area contributed by atoms with Gasteiger partial charge in [-0.3, -0.25) is 4.90 Å². The highest BCUT2D eigenvalue weighted by Crippen LogP contribution is 2.31. The molecule has 0 saturated carbocycles. The van der Waals surface area contributed by atoms with Gasteiger partial charge in [0.1, 0.15) is 5.82 Å². The third-order valence-electron chi connectivity index (χ3n) is 4.35. The fourth-order valence-electron chi connectivity index (χ4n) is 2.82. The van der Waals surface area contributed by atoms with Crippen LogP contribution in [0.15, 0.2) is 18.2 Å². The van der Waals surface area contributed by atoms with Crippen LogP contribution in [0.4, 0.5) is 4.39 Å².